The molecule has 2 atom stereocenters. The van der Waals surface area contributed by atoms with Crippen LogP contribution in [-0.2, 0) is 4.74 Å². The molecule has 0 bridgehead atoms. The van der Waals surface area contributed by atoms with E-state index in [1.807, 2.05) is 36.4 Å². The third-order valence-corrected chi connectivity index (χ3v) is 22.9. The van der Waals surface area contributed by atoms with Crippen LogP contribution in [0.1, 0.15) is 81.3 Å². The van der Waals surface area contributed by atoms with Crippen LogP contribution in [-0.4, -0.2) is 40.0 Å². The van der Waals surface area contributed by atoms with Crippen LogP contribution in [0.5, 0.6) is 0 Å². The minimum absolute atomic E-state index is 0.00913. The first-order valence-electron chi connectivity index (χ1n) is 12.7. The average Bonchev–Trinajstić information content (AvgIpc) is 3.30. The van der Waals surface area contributed by atoms with E-state index in [2.05, 4.69) is 49.9 Å². The van der Waals surface area contributed by atoms with Crippen LogP contribution in [0.4, 0.5) is 0 Å². The fourth-order valence-corrected chi connectivity index (χ4v) is 22.3. The molecule has 2 aromatic rings. The molecule has 4 heteroatoms. The maximum absolute atomic E-state index is 14.0. The summed E-state index contributed by atoms with van der Waals surface area (Å²) in [6, 6.07) is 20.4. The molecular formula is C28H41NO2Sn. The van der Waals surface area contributed by atoms with Gasteiger partial charge in [-0.15, -0.1) is 0 Å². The Hall–Kier alpha value is -1.33. The Morgan fingerprint density at radius 3 is 1.84 bits per heavy atom. The predicted octanol–water partition coefficient (Wildman–Crippen LogP) is 7.61. The summed E-state index contributed by atoms with van der Waals surface area (Å²) in [5.41, 5.74) is 1.98. The van der Waals surface area contributed by atoms with E-state index in [9.17, 15) is 4.79 Å². The summed E-state index contributed by atoms with van der Waals surface area (Å²) in [6.07, 6.45) is 7.47. The first kappa shape index (κ1) is 25.3. The number of hydrogen-bond acceptors (Lipinski definition) is 2. The molecule has 1 saturated heterocycles. The summed E-state index contributed by atoms with van der Waals surface area (Å²) in [7, 11) is 0. The van der Waals surface area contributed by atoms with E-state index >= 15 is 0 Å². The van der Waals surface area contributed by atoms with Crippen molar-refractivity contribution in [3.05, 3.63) is 71.8 Å². The summed E-state index contributed by atoms with van der Waals surface area (Å²) in [5.74, 6) is 0.146. The summed E-state index contributed by atoms with van der Waals surface area (Å²) < 4.78 is 10.8. The fourth-order valence-electron chi connectivity index (χ4n) is 5.22. The van der Waals surface area contributed by atoms with Gasteiger partial charge in [0.2, 0.25) is 0 Å². The minimum atomic E-state index is -2.84. The number of ether oxygens (including phenoxy) is 1. The molecule has 0 N–H and O–H groups in total. The molecule has 32 heavy (non-hydrogen) atoms. The molecule has 0 saturated carbocycles. The van der Waals surface area contributed by atoms with Gasteiger partial charge in [0.15, 0.2) is 0 Å². The number of hydrogen-bond donors (Lipinski definition) is 0. The third-order valence-electron chi connectivity index (χ3n) is 7.05. The van der Waals surface area contributed by atoms with Crippen molar-refractivity contribution >= 4 is 24.3 Å². The molecule has 0 aliphatic carbocycles. The number of carbonyl (C=O) groups is 1. The van der Waals surface area contributed by atoms with Crippen LogP contribution < -0.4 is 0 Å². The Bertz CT molecular complexity index is 789. The van der Waals surface area contributed by atoms with Gasteiger partial charge in [-0.1, -0.05) is 0 Å². The zero-order valence-corrected chi connectivity index (χ0v) is 23.1. The van der Waals surface area contributed by atoms with Gasteiger partial charge in [0.25, 0.3) is 0 Å². The van der Waals surface area contributed by atoms with Gasteiger partial charge in [0.05, 0.1) is 0 Å². The third kappa shape index (κ3) is 5.96. The predicted molar refractivity (Wildman–Crippen MR) is 136 cm³/mol. The normalized spacial score (nSPS) is 18.8. The molecule has 0 aromatic heterocycles. The summed E-state index contributed by atoms with van der Waals surface area (Å²) in [4.78, 5) is 16.2. The van der Waals surface area contributed by atoms with Crippen molar-refractivity contribution in [2.75, 3.05) is 6.61 Å². The number of amides is 1. The zero-order valence-electron chi connectivity index (χ0n) is 20.3. The summed E-state index contributed by atoms with van der Waals surface area (Å²) >= 11 is -2.84. The van der Waals surface area contributed by atoms with E-state index in [1.54, 1.807) is 0 Å². The zero-order chi connectivity index (χ0) is 22.8. The van der Waals surface area contributed by atoms with E-state index in [1.165, 1.54) is 57.4 Å². The molecule has 174 valence electrons. The molecule has 3 rings (SSSR count). The first-order valence-corrected chi connectivity index (χ1v) is 20.4. The number of benzene rings is 2. The number of carbonyl (C=O) groups excluding carboxylic acids is 1. The molecule has 0 radical (unpaired) electrons. The fraction of sp³-hybridized carbons (Fsp3) is 0.536. The summed E-state index contributed by atoms with van der Waals surface area (Å²) in [5, 5.41) is 0. The van der Waals surface area contributed by atoms with E-state index < -0.39 is 18.4 Å². The Labute approximate surface area is 199 Å². The van der Waals surface area contributed by atoms with Gasteiger partial charge in [-0.25, -0.2) is 0 Å². The van der Waals surface area contributed by atoms with Gasteiger partial charge in [0, 0.05) is 0 Å². The Morgan fingerprint density at radius 1 is 0.844 bits per heavy atom. The Balaban J connectivity index is 2.04. The molecule has 0 unspecified atom stereocenters. The molecular weight excluding hydrogens is 501 g/mol. The number of unbranched alkanes of at least 4 members (excludes halogenated alkanes) is 3. The van der Waals surface area contributed by atoms with E-state index in [-0.39, 0.29) is 16.2 Å². The second-order valence-electron chi connectivity index (χ2n) is 9.36. The van der Waals surface area contributed by atoms with Gasteiger partial charge in [0.1, 0.15) is 0 Å². The van der Waals surface area contributed by atoms with Gasteiger partial charge in [-0.2, -0.15) is 0 Å². The second kappa shape index (κ2) is 12.8. The molecule has 1 aliphatic heterocycles. The molecule has 3 nitrogen and oxygen atoms in total. The Kier molecular flexibility index (Phi) is 10.1. The number of nitrogens with zero attached hydrogens (tertiary/aromatic N) is 1. The monoisotopic (exact) mass is 543 g/mol. The van der Waals surface area contributed by atoms with Crippen LogP contribution >= 0.6 is 0 Å². The SMILES string of the molecule is CCC[CH2][Sn]([CH2]CCC)([CH2]CCC)[C@@H]1OC[C@@H](c2ccccc2)N1C(=O)c1ccccc1. The van der Waals surface area contributed by atoms with Gasteiger partial charge < -0.3 is 0 Å². The number of rotatable bonds is 12. The maximum atomic E-state index is 14.0. The first-order chi connectivity index (χ1) is 15.7. The van der Waals surface area contributed by atoms with Crippen molar-refractivity contribution in [2.24, 2.45) is 0 Å². The molecule has 1 aliphatic rings. The van der Waals surface area contributed by atoms with Crippen molar-refractivity contribution in [3.8, 4) is 0 Å². The van der Waals surface area contributed by atoms with Gasteiger partial charge in [-0.3, -0.25) is 0 Å². The van der Waals surface area contributed by atoms with Crippen LogP contribution in [0.3, 0.4) is 0 Å². The van der Waals surface area contributed by atoms with Crippen LogP contribution in [0.2, 0.25) is 13.3 Å². The second-order valence-corrected chi connectivity index (χ2v) is 22.8. The molecule has 1 heterocycles. The molecule has 2 aromatic carbocycles. The van der Waals surface area contributed by atoms with E-state index in [4.69, 9.17) is 4.74 Å². The van der Waals surface area contributed by atoms with E-state index in [0.29, 0.717) is 6.61 Å². The Morgan fingerprint density at radius 2 is 1.34 bits per heavy atom. The summed E-state index contributed by atoms with van der Waals surface area (Å²) in [6.45, 7) is 7.51. The van der Waals surface area contributed by atoms with Crippen molar-refractivity contribution in [1.82, 2.24) is 4.90 Å². The van der Waals surface area contributed by atoms with Crippen molar-refractivity contribution < 1.29 is 9.53 Å². The van der Waals surface area contributed by atoms with Crippen LogP contribution in [0, 0.1) is 0 Å². The standard InChI is InChI=1S/C16H14NO2.3C4H9.Sn/c18-16(14-9-5-2-6-10-14)17-12-19-11-15(17)13-7-3-1-4-8-13;3*1-3-4-2;/h1-10,12,15H,11H2;3*1,3-4H2,2H3;/t15-;;;;/m0..../s1. The topological polar surface area (TPSA) is 29.5 Å². The van der Waals surface area contributed by atoms with E-state index in [0.717, 1.165) is 5.56 Å². The average molecular weight is 542 g/mol. The van der Waals surface area contributed by atoms with Crippen molar-refractivity contribution in [1.29, 1.82) is 0 Å². The molecule has 1 amide bonds. The van der Waals surface area contributed by atoms with Crippen LogP contribution in [0.15, 0.2) is 60.7 Å². The van der Waals surface area contributed by atoms with Gasteiger partial charge in [-0.05, 0) is 0 Å². The van der Waals surface area contributed by atoms with Gasteiger partial charge >= 0.3 is 200 Å². The molecule has 1 fully saturated rings. The van der Waals surface area contributed by atoms with Crippen LogP contribution in [0.25, 0.3) is 0 Å². The quantitative estimate of drug-likeness (QED) is 0.259. The van der Waals surface area contributed by atoms with Crippen molar-refractivity contribution in [2.45, 2.75) is 82.9 Å². The molecule has 0 spiro atoms. The van der Waals surface area contributed by atoms with Crippen molar-refractivity contribution in [3.63, 3.8) is 0 Å².